The minimum absolute atomic E-state index is 0.0630. The Balaban J connectivity index is 1.22. The van der Waals surface area contributed by atoms with Crippen molar-refractivity contribution in [3.8, 4) is 22.6 Å². The average Bonchev–Trinajstić information content (AvgIpc) is 3.30. The van der Waals surface area contributed by atoms with Crippen molar-refractivity contribution in [2.75, 3.05) is 45.1 Å². The van der Waals surface area contributed by atoms with Gasteiger partial charge >= 0.3 is 0 Å². The molecule has 3 N–H and O–H groups in total. The number of nitrogens with one attached hydrogen (secondary N) is 1. The molecule has 0 aliphatic carbocycles. The number of nitrogen functional groups attached to an aromatic ring is 1. The lowest BCUT2D eigenvalue weighted by atomic mass is 10.1. The summed E-state index contributed by atoms with van der Waals surface area (Å²) in [5, 5.41) is 3.84. The molecule has 0 spiro atoms. The third-order valence-electron chi connectivity index (χ3n) is 6.48. The standard InChI is InChI=1S/C28H32N6O3/c29-27-26-24(21-8-10-23(11-9-21)37-22-5-2-1-3-6-22)19-34(28(26)32-20-31-27)13-4-7-25(35)30-12-14-33-15-17-36-18-16-33/h1-3,5-6,8-11,19-20H,4,7,12-18H2,(H,30,35)(H2,29,31,32). The second-order valence-corrected chi connectivity index (χ2v) is 9.04. The number of hydrogen-bond donors (Lipinski definition) is 2. The number of hydrogen-bond acceptors (Lipinski definition) is 7. The molecule has 5 rings (SSSR count). The number of carbonyl (C=O) groups excluding carboxylic acids is 1. The minimum atomic E-state index is 0.0630. The quantitative estimate of drug-likeness (QED) is 0.342. The number of para-hydroxylation sites is 1. The highest BCUT2D eigenvalue weighted by Gasteiger charge is 2.16. The SMILES string of the molecule is Nc1ncnc2c1c(-c1ccc(Oc3ccccc3)cc1)cn2CCCC(=O)NCCN1CCOCC1. The van der Waals surface area contributed by atoms with Gasteiger partial charge in [0.05, 0.1) is 18.6 Å². The molecule has 1 aliphatic heterocycles. The maximum atomic E-state index is 12.4. The molecule has 1 amide bonds. The first-order valence-corrected chi connectivity index (χ1v) is 12.7. The number of amides is 1. The van der Waals surface area contributed by atoms with E-state index in [4.69, 9.17) is 15.2 Å². The van der Waals surface area contributed by atoms with Crippen LogP contribution in [0, 0.1) is 0 Å². The average molecular weight is 501 g/mol. The molecule has 1 aliphatic rings. The van der Waals surface area contributed by atoms with Gasteiger partial charge in [0.2, 0.25) is 5.91 Å². The van der Waals surface area contributed by atoms with Crippen LogP contribution in [0.1, 0.15) is 12.8 Å². The molecule has 3 heterocycles. The summed E-state index contributed by atoms with van der Waals surface area (Å²) >= 11 is 0. The Morgan fingerprint density at radius 3 is 2.54 bits per heavy atom. The molecule has 4 aromatic rings. The summed E-state index contributed by atoms with van der Waals surface area (Å²) in [6.45, 7) is 5.54. The van der Waals surface area contributed by atoms with Gasteiger partial charge in [0.25, 0.3) is 0 Å². The number of nitrogens with zero attached hydrogens (tertiary/aromatic N) is 4. The largest absolute Gasteiger partial charge is 0.457 e. The van der Waals surface area contributed by atoms with Crippen LogP contribution in [0.3, 0.4) is 0 Å². The van der Waals surface area contributed by atoms with Gasteiger partial charge in [-0.2, -0.15) is 0 Å². The lowest BCUT2D eigenvalue weighted by molar-refractivity contribution is -0.121. The molecule has 37 heavy (non-hydrogen) atoms. The Kier molecular flexibility index (Phi) is 7.93. The van der Waals surface area contributed by atoms with Crippen LogP contribution in [0.25, 0.3) is 22.2 Å². The smallest absolute Gasteiger partial charge is 0.220 e. The van der Waals surface area contributed by atoms with E-state index in [0.29, 0.717) is 31.7 Å². The molecule has 2 aromatic heterocycles. The van der Waals surface area contributed by atoms with Crippen molar-refractivity contribution in [2.45, 2.75) is 19.4 Å². The van der Waals surface area contributed by atoms with Crippen LogP contribution in [0.15, 0.2) is 67.1 Å². The summed E-state index contributed by atoms with van der Waals surface area (Å²) < 4.78 is 13.3. The molecule has 192 valence electrons. The van der Waals surface area contributed by atoms with E-state index in [1.54, 1.807) is 0 Å². The monoisotopic (exact) mass is 500 g/mol. The summed E-state index contributed by atoms with van der Waals surface area (Å²) in [7, 11) is 0. The van der Waals surface area contributed by atoms with Gasteiger partial charge in [-0.1, -0.05) is 30.3 Å². The van der Waals surface area contributed by atoms with E-state index >= 15 is 0 Å². The van der Waals surface area contributed by atoms with Gasteiger partial charge in [0.1, 0.15) is 29.3 Å². The summed E-state index contributed by atoms with van der Waals surface area (Å²) in [6.07, 6.45) is 4.66. The van der Waals surface area contributed by atoms with Gasteiger partial charge in [0, 0.05) is 50.9 Å². The first-order valence-electron chi connectivity index (χ1n) is 12.7. The van der Waals surface area contributed by atoms with Crippen molar-refractivity contribution in [2.24, 2.45) is 0 Å². The molecule has 9 nitrogen and oxygen atoms in total. The topological polar surface area (TPSA) is 108 Å². The third kappa shape index (κ3) is 6.25. The molecule has 1 fully saturated rings. The fourth-order valence-electron chi connectivity index (χ4n) is 4.54. The number of morpholine rings is 1. The summed E-state index contributed by atoms with van der Waals surface area (Å²) in [5.74, 6) is 2.04. The number of aryl methyl sites for hydroxylation is 1. The van der Waals surface area contributed by atoms with Gasteiger partial charge in [-0.15, -0.1) is 0 Å². The van der Waals surface area contributed by atoms with Gasteiger partial charge in [0.15, 0.2) is 0 Å². The van der Waals surface area contributed by atoms with Crippen molar-refractivity contribution in [1.29, 1.82) is 0 Å². The number of benzene rings is 2. The number of carbonyl (C=O) groups is 1. The first-order chi connectivity index (χ1) is 18.2. The number of nitrogens with two attached hydrogens (primary N) is 1. The predicted octanol–water partition coefficient (Wildman–Crippen LogP) is 3.70. The molecule has 0 radical (unpaired) electrons. The van der Waals surface area contributed by atoms with Crippen molar-refractivity contribution >= 4 is 22.8 Å². The summed E-state index contributed by atoms with van der Waals surface area (Å²) in [5.41, 5.74) is 8.98. The van der Waals surface area contributed by atoms with Crippen LogP contribution in [0.5, 0.6) is 11.5 Å². The fraction of sp³-hybridized carbons (Fsp3) is 0.321. The molecule has 0 atom stereocenters. The highest BCUT2D eigenvalue weighted by Crippen LogP contribution is 2.34. The van der Waals surface area contributed by atoms with Crippen LogP contribution in [-0.4, -0.2) is 64.7 Å². The maximum absolute atomic E-state index is 12.4. The van der Waals surface area contributed by atoms with Gasteiger partial charge in [-0.3, -0.25) is 9.69 Å². The van der Waals surface area contributed by atoms with Gasteiger partial charge in [-0.25, -0.2) is 9.97 Å². The van der Waals surface area contributed by atoms with Crippen LogP contribution < -0.4 is 15.8 Å². The zero-order valence-electron chi connectivity index (χ0n) is 20.8. The summed E-state index contributed by atoms with van der Waals surface area (Å²) in [6, 6.07) is 17.6. The van der Waals surface area contributed by atoms with Crippen LogP contribution in [0.2, 0.25) is 0 Å². The van der Waals surface area contributed by atoms with Crippen LogP contribution in [-0.2, 0) is 16.1 Å². The molecule has 2 aromatic carbocycles. The molecular weight excluding hydrogens is 468 g/mol. The zero-order chi connectivity index (χ0) is 25.5. The Bertz CT molecular complexity index is 1320. The van der Waals surface area contributed by atoms with E-state index in [9.17, 15) is 4.79 Å². The van der Waals surface area contributed by atoms with E-state index in [2.05, 4.69) is 24.8 Å². The number of fused-ring (bicyclic) bond motifs is 1. The number of anilines is 1. The highest BCUT2D eigenvalue weighted by molar-refractivity contribution is 6.00. The predicted molar refractivity (Wildman–Crippen MR) is 143 cm³/mol. The minimum Gasteiger partial charge on any atom is -0.457 e. The molecular formula is C28H32N6O3. The van der Waals surface area contributed by atoms with Crippen molar-refractivity contribution in [3.63, 3.8) is 0 Å². The number of ether oxygens (including phenoxy) is 2. The molecule has 0 bridgehead atoms. The second kappa shape index (κ2) is 11.9. The second-order valence-electron chi connectivity index (χ2n) is 9.04. The van der Waals surface area contributed by atoms with E-state index in [1.807, 2.05) is 60.8 Å². The first kappa shape index (κ1) is 24.7. The maximum Gasteiger partial charge on any atom is 0.220 e. The van der Waals surface area contributed by atoms with Gasteiger partial charge in [-0.05, 0) is 36.2 Å². The van der Waals surface area contributed by atoms with E-state index in [0.717, 1.165) is 66.5 Å². The Labute approximate surface area is 216 Å². The molecule has 9 heteroatoms. The molecule has 0 unspecified atom stereocenters. The molecule has 0 saturated carbocycles. The number of aromatic nitrogens is 3. The highest BCUT2D eigenvalue weighted by atomic mass is 16.5. The van der Waals surface area contributed by atoms with E-state index < -0.39 is 0 Å². The van der Waals surface area contributed by atoms with E-state index in [1.165, 1.54) is 6.33 Å². The summed E-state index contributed by atoms with van der Waals surface area (Å²) in [4.78, 5) is 23.4. The lowest BCUT2D eigenvalue weighted by Gasteiger charge is -2.26. The molecule has 1 saturated heterocycles. The fourth-order valence-corrected chi connectivity index (χ4v) is 4.54. The third-order valence-corrected chi connectivity index (χ3v) is 6.48. The lowest BCUT2D eigenvalue weighted by Crippen LogP contribution is -2.41. The normalized spacial score (nSPS) is 14.1. The Hall–Kier alpha value is -3.95. The van der Waals surface area contributed by atoms with Crippen molar-refractivity contribution < 1.29 is 14.3 Å². The van der Waals surface area contributed by atoms with E-state index in [-0.39, 0.29) is 5.91 Å². The Morgan fingerprint density at radius 2 is 1.76 bits per heavy atom. The zero-order valence-corrected chi connectivity index (χ0v) is 20.8. The number of rotatable bonds is 10. The van der Waals surface area contributed by atoms with Crippen molar-refractivity contribution in [1.82, 2.24) is 24.8 Å². The Morgan fingerprint density at radius 1 is 1.00 bits per heavy atom. The van der Waals surface area contributed by atoms with Gasteiger partial charge < -0.3 is 25.1 Å². The van der Waals surface area contributed by atoms with Crippen LogP contribution >= 0.6 is 0 Å². The van der Waals surface area contributed by atoms with Crippen molar-refractivity contribution in [3.05, 3.63) is 67.1 Å². The van der Waals surface area contributed by atoms with Crippen LogP contribution in [0.4, 0.5) is 5.82 Å².